The number of carbonyl (C=O) groups is 2. The normalized spacial score (nSPS) is 17.0. The van der Waals surface area contributed by atoms with E-state index >= 15 is 0 Å². The molecule has 2 aromatic rings. The molecule has 36 heavy (non-hydrogen) atoms. The van der Waals surface area contributed by atoms with Gasteiger partial charge in [-0.2, -0.15) is 5.10 Å². The molecule has 1 aromatic carbocycles. The van der Waals surface area contributed by atoms with Crippen LogP contribution in [0.3, 0.4) is 0 Å². The van der Waals surface area contributed by atoms with Crippen molar-refractivity contribution in [1.82, 2.24) is 15.6 Å². The van der Waals surface area contributed by atoms with Crippen molar-refractivity contribution >= 4 is 40.7 Å². The van der Waals surface area contributed by atoms with Crippen LogP contribution in [0, 0.1) is 6.92 Å². The van der Waals surface area contributed by atoms with Crippen molar-refractivity contribution in [3.63, 3.8) is 0 Å². The number of hydrogen-bond acceptors (Lipinski definition) is 7. The quantitative estimate of drug-likeness (QED) is 0.374. The van der Waals surface area contributed by atoms with Gasteiger partial charge in [-0.15, -0.1) is 0 Å². The molecule has 2 N–H and O–H groups in total. The van der Waals surface area contributed by atoms with E-state index in [4.69, 9.17) is 37.1 Å². The topological polar surface area (TPSA) is 105 Å². The number of carbonyl (C=O) groups excluding carboxylic acids is 2. The zero-order valence-electron chi connectivity index (χ0n) is 20.2. The van der Waals surface area contributed by atoms with Gasteiger partial charge in [-0.25, -0.2) is 5.43 Å². The number of ether oxygens (including phenoxy) is 2. The number of hydrazone groups is 1. The van der Waals surface area contributed by atoms with Gasteiger partial charge in [0.2, 0.25) is 0 Å². The predicted molar refractivity (Wildman–Crippen MR) is 137 cm³/mol. The molecule has 11 heteroatoms. The predicted octanol–water partition coefficient (Wildman–Crippen LogP) is 3.58. The Bertz CT molecular complexity index is 1130. The van der Waals surface area contributed by atoms with Gasteiger partial charge in [-0.05, 0) is 50.9 Å². The molecule has 0 spiro atoms. The minimum atomic E-state index is -0.431. The van der Waals surface area contributed by atoms with Crippen molar-refractivity contribution in [2.75, 3.05) is 46.0 Å². The lowest BCUT2D eigenvalue weighted by atomic mass is 9.93. The first-order chi connectivity index (χ1) is 17.4. The van der Waals surface area contributed by atoms with Crippen molar-refractivity contribution < 1.29 is 23.5 Å². The summed E-state index contributed by atoms with van der Waals surface area (Å²) in [6.45, 7) is 6.45. The molecule has 0 atom stereocenters. The van der Waals surface area contributed by atoms with Crippen LogP contribution < -0.4 is 15.5 Å². The van der Waals surface area contributed by atoms with Crippen LogP contribution in [0.4, 0.5) is 0 Å². The fraction of sp³-hybridized carbons (Fsp3) is 0.480. The highest BCUT2D eigenvalue weighted by Crippen LogP contribution is 2.30. The van der Waals surface area contributed by atoms with Gasteiger partial charge in [0, 0.05) is 42.2 Å². The number of morpholine rings is 1. The molecule has 1 fully saturated rings. The third-order valence-electron chi connectivity index (χ3n) is 6.14. The molecule has 194 valence electrons. The van der Waals surface area contributed by atoms with Crippen LogP contribution >= 0.6 is 23.2 Å². The van der Waals surface area contributed by atoms with E-state index in [0.29, 0.717) is 46.7 Å². The van der Waals surface area contributed by atoms with E-state index in [1.807, 2.05) is 6.92 Å². The molecule has 0 saturated carbocycles. The molecule has 1 saturated heterocycles. The Hall–Kier alpha value is -2.59. The number of aryl methyl sites for hydroxylation is 1. The van der Waals surface area contributed by atoms with Crippen molar-refractivity contribution in [3.05, 3.63) is 50.9 Å². The Morgan fingerprint density at radius 2 is 2.00 bits per heavy atom. The standard InChI is InChI=1S/C25H30Cl2N4O5/c1-16-23-19(29-30-22(32)15-35-20-7-6-17(26)14-18(20)27)4-2-5-21(23)36-24(16)25(33)28-8-3-9-31-10-12-34-13-11-31/h6-7,14H,2-5,8-13,15H2,1H3,(H,28,33)(H,30,32)/b29-19+. The lowest BCUT2D eigenvalue weighted by Crippen LogP contribution is -2.38. The number of hydrogen-bond donors (Lipinski definition) is 2. The summed E-state index contributed by atoms with van der Waals surface area (Å²) in [6.07, 6.45) is 3.04. The van der Waals surface area contributed by atoms with Crippen LogP contribution in [0.25, 0.3) is 0 Å². The van der Waals surface area contributed by atoms with Gasteiger partial charge in [-0.3, -0.25) is 14.5 Å². The number of halogens is 2. The van der Waals surface area contributed by atoms with Crippen LogP contribution in [0.1, 0.15) is 46.7 Å². The van der Waals surface area contributed by atoms with E-state index in [0.717, 1.165) is 62.6 Å². The number of amides is 2. The maximum absolute atomic E-state index is 12.8. The number of rotatable bonds is 9. The van der Waals surface area contributed by atoms with Crippen molar-refractivity contribution in [1.29, 1.82) is 0 Å². The lowest BCUT2D eigenvalue weighted by Gasteiger charge is -2.26. The summed E-state index contributed by atoms with van der Waals surface area (Å²) in [5.41, 5.74) is 4.74. The first-order valence-electron chi connectivity index (χ1n) is 12.1. The second-order valence-corrected chi connectivity index (χ2v) is 9.57. The van der Waals surface area contributed by atoms with E-state index < -0.39 is 5.91 Å². The molecule has 1 aliphatic heterocycles. The van der Waals surface area contributed by atoms with E-state index in [9.17, 15) is 9.59 Å². The van der Waals surface area contributed by atoms with E-state index in [1.54, 1.807) is 18.2 Å². The van der Waals surface area contributed by atoms with Crippen molar-refractivity contribution in [3.8, 4) is 5.75 Å². The van der Waals surface area contributed by atoms with Gasteiger partial charge in [0.25, 0.3) is 11.8 Å². The Morgan fingerprint density at radius 3 is 2.78 bits per heavy atom. The van der Waals surface area contributed by atoms with Crippen molar-refractivity contribution in [2.24, 2.45) is 5.10 Å². The zero-order valence-corrected chi connectivity index (χ0v) is 21.7. The van der Waals surface area contributed by atoms with Gasteiger partial charge < -0.3 is 19.2 Å². The average molecular weight is 537 g/mol. The Balaban J connectivity index is 1.32. The van der Waals surface area contributed by atoms with Crippen LogP contribution in [-0.2, 0) is 16.0 Å². The van der Waals surface area contributed by atoms with Gasteiger partial charge in [-0.1, -0.05) is 23.2 Å². The molecule has 0 unspecified atom stereocenters. The fourth-order valence-corrected chi connectivity index (χ4v) is 4.77. The van der Waals surface area contributed by atoms with Gasteiger partial charge in [0.15, 0.2) is 12.4 Å². The Labute approximate surface area is 220 Å². The highest BCUT2D eigenvalue weighted by molar-refractivity contribution is 6.35. The molecular weight excluding hydrogens is 507 g/mol. The molecule has 1 aliphatic carbocycles. The summed E-state index contributed by atoms with van der Waals surface area (Å²) in [4.78, 5) is 27.4. The van der Waals surface area contributed by atoms with Crippen LogP contribution in [0.5, 0.6) is 5.75 Å². The van der Waals surface area contributed by atoms with Gasteiger partial charge in [0.05, 0.1) is 23.9 Å². The summed E-state index contributed by atoms with van der Waals surface area (Å²) < 4.78 is 16.7. The number of fused-ring (bicyclic) bond motifs is 1. The largest absolute Gasteiger partial charge is 0.482 e. The summed E-state index contributed by atoms with van der Waals surface area (Å²) >= 11 is 11.9. The van der Waals surface area contributed by atoms with Crippen LogP contribution in [-0.4, -0.2) is 68.4 Å². The SMILES string of the molecule is Cc1c(C(=O)NCCCN2CCOCC2)oc2c1/C(=N/NC(=O)COc1ccc(Cl)cc1Cl)CCC2. The highest BCUT2D eigenvalue weighted by atomic mass is 35.5. The van der Waals surface area contributed by atoms with Crippen LogP contribution in [0.2, 0.25) is 10.0 Å². The summed E-state index contributed by atoms with van der Waals surface area (Å²) in [5, 5.41) is 8.07. The number of nitrogens with zero attached hydrogens (tertiary/aromatic N) is 2. The maximum Gasteiger partial charge on any atom is 0.287 e. The first kappa shape index (κ1) is 26.5. The lowest BCUT2D eigenvalue weighted by molar-refractivity contribution is -0.123. The number of benzene rings is 1. The second kappa shape index (κ2) is 12.6. The highest BCUT2D eigenvalue weighted by Gasteiger charge is 2.28. The average Bonchev–Trinajstić information content (AvgIpc) is 3.22. The third-order valence-corrected chi connectivity index (χ3v) is 6.67. The van der Waals surface area contributed by atoms with Crippen LogP contribution in [0.15, 0.2) is 27.7 Å². The van der Waals surface area contributed by atoms with Gasteiger partial charge >= 0.3 is 0 Å². The monoisotopic (exact) mass is 536 g/mol. The smallest absolute Gasteiger partial charge is 0.287 e. The molecule has 2 amide bonds. The molecule has 2 aliphatic rings. The first-order valence-corrected chi connectivity index (χ1v) is 12.8. The fourth-order valence-electron chi connectivity index (χ4n) is 4.30. The van der Waals surface area contributed by atoms with E-state index in [2.05, 4.69) is 20.7 Å². The summed E-state index contributed by atoms with van der Waals surface area (Å²) in [6, 6.07) is 4.77. The summed E-state index contributed by atoms with van der Waals surface area (Å²) in [5.74, 6) is 0.707. The van der Waals surface area contributed by atoms with Gasteiger partial charge in [0.1, 0.15) is 11.5 Å². The third kappa shape index (κ3) is 6.79. The van der Waals surface area contributed by atoms with Crippen molar-refractivity contribution in [2.45, 2.75) is 32.6 Å². The molecule has 9 nitrogen and oxygen atoms in total. The van der Waals surface area contributed by atoms with E-state index in [-0.39, 0.29) is 12.5 Å². The second-order valence-electron chi connectivity index (χ2n) is 8.73. The molecule has 0 bridgehead atoms. The molecular formula is C25H30Cl2N4O5. The molecule has 0 radical (unpaired) electrons. The number of furan rings is 1. The minimum absolute atomic E-state index is 0.236. The van der Waals surface area contributed by atoms with E-state index in [1.165, 1.54) is 0 Å². The summed E-state index contributed by atoms with van der Waals surface area (Å²) in [7, 11) is 0. The molecule has 2 heterocycles. The Morgan fingerprint density at radius 1 is 1.19 bits per heavy atom. The molecule has 1 aromatic heterocycles. The molecule has 4 rings (SSSR count). The Kier molecular flexibility index (Phi) is 9.25. The number of nitrogens with one attached hydrogen (secondary N) is 2. The minimum Gasteiger partial charge on any atom is -0.482 e. The maximum atomic E-state index is 12.8. The zero-order chi connectivity index (χ0) is 25.5.